The first-order valence-corrected chi connectivity index (χ1v) is 10.9. The number of benzene rings is 3. The lowest BCUT2D eigenvalue weighted by Crippen LogP contribution is -2.49. The van der Waals surface area contributed by atoms with Crippen LogP contribution in [0.15, 0.2) is 72.8 Å². The molecule has 0 aromatic heterocycles. The van der Waals surface area contributed by atoms with Gasteiger partial charge in [-0.3, -0.25) is 0 Å². The van der Waals surface area contributed by atoms with Gasteiger partial charge in [0.25, 0.3) is 0 Å². The van der Waals surface area contributed by atoms with Gasteiger partial charge in [-0.25, -0.2) is 0 Å². The van der Waals surface area contributed by atoms with E-state index in [9.17, 15) is 0 Å². The van der Waals surface area contributed by atoms with Crippen LogP contribution in [0.1, 0.15) is 42.5 Å². The van der Waals surface area contributed by atoms with E-state index in [1.54, 1.807) is 7.11 Å². The smallest absolute Gasteiger partial charge is 0.123 e. The van der Waals surface area contributed by atoms with Gasteiger partial charge in [0.2, 0.25) is 0 Å². The highest BCUT2D eigenvalue weighted by atomic mass is 16.5. The van der Waals surface area contributed by atoms with E-state index in [1.807, 2.05) is 30.3 Å². The Labute approximate surface area is 184 Å². The van der Waals surface area contributed by atoms with Gasteiger partial charge < -0.3 is 15.4 Å². The van der Waals surface area contributed by atoms with Gasteiger partial charge in [0.05, 0.1) is 18.7 Å². The van der Waals surface area contributed by atoms with Crippen molar-refractivity contribution in [2.24, 2.45) is 0 Å². The molecule has 3 atom stereocenters. The maximum atomic E-state index is 9.05. The van der Waals surface area contributed by atoms with Crippen LogP contribution in [-0.4, -0.2) is 19.2 Å². The Morgan fingerprint density at radius 1 is 1.00 bits per heavy atom. The van der Waals surface area contributed by atoms with Crippen molar-refractivity contribution >= 4 is 0 Å². The van der Waals surface area contributed by atoms with Crippen molar-refractivity contribution in [2.45, 2.75) is 44.4 Å². The number of nitrogens with one attached hydrogen (secondary N) is 2. The molecular weight excluding hydrogens is 382 g/mol. The van der Waals surface area contributed by atoms with Crippen LogP contribution in [0.2, 0.25) is 0 Å². The lowest BCUT2D eigenvalue weighted by Gasteiger charge is -2.37. The number of hydrogen-bond donors (Lipinski definition) is 2. The van der Waals surface area contributed by atoms with E-state index >= 15 is 0 Å². The molecule has 158 valence electrons. The molecule has 1 saturated heterocycles. The van der Waals surface area contributed by atoms with Crippen molar-refractivity contribution in [3.05, 3.63) is 89.5 Å². The quantitative estimate of drug-likeness (QED) is 0.585. The first-order valence-electron chi connectivity index (χ1n) is 10.9. The summed E-state index contributed by atoms with van der Waals surface area (Å²) >= 11 is 0. The maximum absolute atomic E-state index is 9.05. The molecule has 0 radical (unpaired) electrons. The van der Waals surface area contributed by atoms with Gasteiger partial charge in [-0.1, -0.05) is 48.5 Å². The Bertz CT molecular complexity index is 1040. The van der Waals surface area contributed by atoms with Gasteiger partial charge in [-0.2, -0.15) is 5.26 Å². The van der Waals surface area contributed by atoms with Gasteiger partial charge in [-0.05, 0) is 60.7 Å². The van der Waals surface area contributed by atoms with Gasteiger partial charge >= 0.3 is 0 Å². The van der Waals surface area contributed by atoms with Crippen LogP contribution >= 0.6 is 0 Å². The molecule has 2 N–H and O–H groups in total. The molecule has 4 heteroatoms. The Morgan fingerprint density at radius 2 is 1.74 bits per heavy atom. The number of methoxy groups -OCH3 is 1. The fourth-order valence-electron chi connectivity index (χ4n) is 4.39. The molecule has 3 aromatic carbocycles. The van der Waals surface area contributed by atoms with Gasteiger partial charge in [0, 0.05) is 30.2 Å². The van der Waals surface area contributed by atoms with E-state index in [2.05, 4.69) is 66.1 Å². The normalized spacial score (nSPS) is 20.7. The standard InChI is InChI=1S/C27H29N3O/c1-19-8-14-25(27(30-19)22-6-4-3-5-7-22)29-18-24-16-23(13-15-26(24)31-2)21-11-9-20(17-28)10-12-21/h3-7,9-13,15-16,19,25,27,29-30H,8,14,18H2,1-2H3/t19-,25+,27-/m1/s1. The van der Waals surface area contributed by atoms with E-state index in [0.717, 1.165) is 41.8 Å². The molecule has 31 heavy (non-hydrogen) atoms. The summed E-state index contributed by atoms with van der Waals surface area (Å²) in [6.45, 7) is 2.99. The maximum Gasteiger partial charge on any atom is 0.123 e. The van der Waals surface area contributed by atoms with Gasteiger partial charge in [0.1, 0.15) is 5.75 Å². The van der Waals surface area contributed by atoms with Gasteiger partial charge in [-0.15, -0.1) is 0 Å². The summed E-state index contributed by atoms with van der Waals surface area (Å²) in [5.41, 5.74) is 5.35. The Hall–Kier alpha value is -3.13. The molecule has 1 aliphatic rings. The Morgan fingerprint density at radius 3 is 2.45 bits per heavy atom. The molecule has 0 spiro atoms. The summed E-state index contributed by atoms with van der Waals surface area (Å²) in [5, 5.41) is 16.6. The van der Waals surface area contributed by atoms with Crippen LogP contribution in [0.25, 0.3) is 11.1 Å². The fourth-order valence-corrected chi connectivity index (χ4v) is 4.39. The van der Waals surface area contributed by atoms with E-state index in [-0.39, 0.29) is 6.04 Å². The average Bonchev–Trinajstić information content (AvgIpc) is 2.83. The van der Waals surface area contributed by atoms with E-state index < -0.39 is 0 Å². The zero-order chi connectivity index (χ0) is 21.6. The van der Waals surface area contributed by atoms with Crippen molar-refractivity contribution in [3.8, 4) is 22.9 Å². The van der Waals surface area contributed by atoms with Gasteiger partial charge in [0.15, 0.2) is 0 Å². The van der Waals surface area contributed by atoms with E-state index in [4.69, 9.17) is 10.00 Å². The van der Waals surface area contributed by atoms with Crippen molar-refractivity contribution in [1.29, 1.82) is 5.26 Å². The topological polar surface area (TPSA) is 57.1 Å². The Balaban J connectivity index is 1.54. The summed E-state index contributed by atoms with van der Waals surface area (Å²) in [6.07, 6.45) is 2.29. The zero-order valence-electron chi connectivity index (χ0n) is 18.1. The van der Waals surface area contributed by atoms with E-state index in [0.29, 0.717) is 17.6 Å². The second kappa shape index (κ2) is 9.78. The van der Waals surface area contributed by atoms with Crippen LogP contribution < -0.4 is 15.4 Å². The number of rotatable bonds is 6. The summed E-state index contributed by atoms with van der Waals surface area (Å²) < 4.78 is 5.64. The molecule has 1 aliphatic heterocycles. The minimum atomic E-state index is 0.289. The molecule has 0 bridgehead atoms. The van der Waals surface area contributed by atoms with Crippen LogP contribution in [0.3, 0.4) is 0 Å². The lowest BCUT2D eigenvalue weighted by atomic mass is 9.89. The molecule has 1 heterocycles. The zero-order valence-corrected chi connectivity index (χ0v) is 18.1. The van der Waals surface area contributed by atoms with Crippen LogP contribution in [0, 0.1) is 11.3 Å². The number of nitrogens with zero attached hydrogens (tertiary/aromatic N) is 1. The molecule has 3 aromatic rings. The molecule has 0 saturated carbocycles. The SMILES string of the molecule is COc1ccc(-c2ccc(C#N)cc2)cc1CN[C@H]1CC[C@@H](C)N[C@@H]1c1ccccc1. The fraction of sp³-hybridized carbons (Fsp3) is 0.296. The molecule has 0 amide bonds. The third-order valence-electron chi connectivity index (χ3n) is 6.12. The monoisotopic (exact) mass is 411 g/mol. The Kier molecular flexibility index (Phi) is 6.66. The minimum absolute atomic E-state index is 0.289. The van der Waals surface area contributed by atoms with Crippen molar-refractivity contribution in [3.63, 3.8) is 0 Å². The van der Waals surface area contributed by atoms with Crippen LogP contribution in [0.4, 0.5) is 0 Å². The summed E-state index contributed by atoms with van der Waals surface area (Å²) in [4.78, 5) is 0. The van der Waals surface area contributed by atoms with Crippen molar-refractivity contribution in [2.75, 3.05) is 7.11 Å². The van der Waals surface area contributed by atoms with Crippen LogP contribution in [-0.2, 0) is 6.54 Å². The lowest BCUT2D eigenvalue weighted by molar-refractivity contribution is 0.260. The summed E-state index contributed by atoms with van der Waals surface area (Å²) in [5.74, 6) is 0.887. The molecule has 0 aliphatic carbocycles. The largest absolute Gasteiger partial charge is 0.496 e. The second-order valence-electron chi connectivity index (χ2n) is 8.24. The number of nitriles is 1. The number of ether oxygens (including phenoxy) is 1. The van der Waals surface area contributed by atoms with Crippen LogP contribution in [0.5, 0.6) is 5.75 Å². The first-order chi connectivity index (χ1) is 15.2. The highest BCUT2D eigenvalue weighted by Crippen LogP contribution is 2.29. The highest BCUT2D eigenvalue weighted by molar-refractivity contribution is 5.66. The van der Waals surface area contributed by atoms with E-state index in [1.165, 1.54) is 5.56 Å². The van der Waals surface area contributed by atoms with Crippen molar-refractivity contribution in [1.82, 2.24) is 10.6 Å². The predicted octanol–water partition coefficient (Wildman–Crippen LogP) is 5.21. The average molecular weight is 412 g/mol. The predicted molar refractivity (Wildman–Crippen MR) is 125 cm³/mol. The first kappa shape index (κ1) is 21.1. The molecule has 1 fully saturated rings. The third kappa shape index (κ3) is 4.96. The third-order valence-corrected chi connectivity index (χ3v) is 6.12. The summed E-state index contributed by atoms with van der Waals surface area (Å²) in [6, 6.07) is 28.0. The minimum Gasteiger partial charge on any atom is -0.496 e. The summed E-state index contributed by atoms with van der Waals surface area (Å²) in [7, 11) is 1.72. The molecule has 4 nitrogen and oxygen atoms in total. The molecule has 4 rings (SSSR count). The second-order valence-corrected chi connectivity index (χ2v) is 8.24. The number of hydrogen-bond acceptors (Lipinski definition) is 4. The molecule has 0 unspecified atom stereocenters. The number of piperidine rings is 1. The molecular formula is C27H29N3O. The van der Waals surface area contributed by atoms with Crippen molar-refractivity contribution < 1.29 is 4.74 Å². The highest BCUT2D eigenvalue weighted by Gasteiger charge is 2.29.